The highest BCUT2D eigenvalue weighted by molar-refractivity contribution is 5.36. The fourth-order valence-electron chi connectivity index (χ4n) is 3.91. The average Bonchev–Trinajstić information content (AvgIpc) is 3.06. The van der Waals surface area contributed by atoms with E-state index in [1.807, 2.05) is 24.0 Å². The molecule has 110 valence electrons. The first-order valence-electron chi connectivity index (χ1n) is 7.78. The van der Waals surface area contributed by atoms with Gasteiger partial charge in [-0.1, -0.05) is 12.1 Å². The molecule has 2 aliphatic rings. The number of hydrogen-bond acceptors (Lipinski definition) is 2. The van der Waals surface area contributed by atoms with Crippen molar-refractivity contribution in [1.82, 2.24) is 15.1 Å². The molecule has 0 fully saturated rings. The van der Waals surface area contributed by atoms with Crippen LogP contribution in [0.15, 0.2) is 24.4 Å². The first-order valence-corrected chi connectivity index (χ1v) is 7.78. The maximum atomic E-state index is 13.8. The van der Waals surface area contributed by atoms with E-state index < -0.39 is 0 Å². The van der Waals surface area contributed by atoms with E-state index >= 15 is 0 Å². The highest BCUT2D eigenvalue weighted by Crippen LogP contribution is 2.37. The van der Waals surface area contributed by atoms with Crippen molar-refractivity contribution in [1.29, 1.82) is 0 Å². The standard InChI is InChI=1S/C17H20FN3/c1-21-17-7-3-6-15(13(17)10-19-21)20-16-9-8-11-12(16)4-2-5-14(11)18/h2,4-5,10,15-16,20H,3,6-9H2,1H3. The van der Waals surface area contributed by atoms with Crippen LogP contribution in [0, 0.1) is 5.82 Å². The lowest BCUT2D eigenvalue weighted by molar-refractivity contribution is 0.395. The van der Waals surface area contributed by atoms with Crippen LogP contribution >= 0.6 is 0 Å². The summed E-state index contributed by atoms with van der Waals surface area (Å²) in [6.07, 6.45) is 7.26. The summed E-state index contributed by atoms with van der Waals surface area (Å²) in [6.45, 7) is 0. The van der Waals surface area contributed by atoms with E-state index in [1.165, 1.54) is 17.7 Å². The lowest BCUT2D eigenvalue weighted by atomic mass is 9.92. The Morgan fingerprint density at radius 3 is 2.95 bits per heavy atom. The molecule has 0 bridgehead atoms. The van der Waals surface area contributed by atoms with Gasteiger partial charge < -0.3 is 5.32 Å². The highest BCUT2D eigenvalue weighted by atomic mass is 19.1. The first-order chi connectivity index (χ1) is 10.2. The average molecular weight is 285 g/mol. The fourth-order valence-corrected chi connectivity index (χ4v) is 3.91. The fraction of sp³-hybridized carbons (Fsp3) is 0.471. The number of hydrogen-bond donors (Lipinski definition) is 1. The van der Waals surface area contributed by atoms with Crippen molar-refractivity contribution in [2.24, 2.45) is 7.05 Å². The van der Waals surface area contributed by atoms with Gasteiger partial charge in [-0.25, -0.2) is 4.39 Å². The molecule has 4 heteroatoms. The van der Waals surface area contributed by atoms with Gasteiger partial charge in [0.05, 0.1) is 6.20 Å². The topological polar surface area (TPSA) is 29.9 Å². The van der Waals surface area contributed by atoms with E-state index in [0.29, 0.717) is 6.04 Å². The molecular formula is C17H20FN3. The molecule has 0 saturated carbocycles. The quantitative estimate of drug-likeness (QED) is 0.918. The minimum Gasteiger partial charge on any atom is -0.303 e. The van der Waals surface area contributed by atoms with Crippen LogP contribution in [0.25, 0.3) is 0 Å². The monoisotopic (exact) mass is 285 g/mol. The molecule has 3 nitrogen and oxygen atoms in total. The Kier molecular flexibility index (Phi) is 3.07. The summed E-state index contributed by atoms with van der Waals surface area (Å²) in [5.74, 6) is -0.0532. The molecule has 1 aromatic carbocycles. The van der Waals surface area contributed by atoms with Crippen molar-refractivity contribution in [3.63, 3.8) is 0 Å². The zero-order valence-corrected chi connectivity index (χ0v) is 12.3. The van der Waals surface area contributed by atoms with Gasteiger partial charge >= 0.3 is 0 Å². The van der Waals surface area contributed by atoms with Crippen molar-refractivity contribution in [3.8, 4) is 0 Å². The van der Waals surface area contributed by atoms with Crippen LogP contribution in [0.4, 0.5) is 4.39 Å². The van der Waals surface area contributed by atoms with Gasteiger partial charge in [0, 0.05) is 30.4 Å². The maximum Gasteiger partial charge on any atom is 0.126 e. The van der Waals surface area contributed by atoms with Crippen LogP contribution in [0.3, 0.4) is 0 Å². The van der Waals surface area contributed by atoms with E-state index in [0.717, 1.165) is 36.8 Å². The summed E-state index contributed by atoms with van der Waals surface area (Å²) in [7, 11) is 2.02. The lowest BCUT2D eigenvalue weighted by Gasteiger charge is -2.27. The molecule has 21 heavy (non-hydrogen) atoms. The number of fused-ring (bicyclic) bond motifs is 2. The predicted molar refractivity (Wildman–Crippen MR) is 79.5 cm³/mol. The molecule has 0 spiro atoms. The number of benzene rings is 1. The molecule has 1 N–H and O–H groups in total. The molecule has 0 saturated heterocycles. The molecule has 2 atom stereocenters. The normalized spacial score (nSPS) is 23.9. The molecular weight excluding hydrogens is 265 g/mol. The third-order valence-electron chi connectivity index (χ3n) is 4.99. The number of halogens is 1. The van der Waals surface area contributed by atoms with Crippen molar-refractivity contribution >= 4 is 0 Å². The van der Waals surface area contributed by atoms with Gasteiger partial charge in [0.2, 0.25) is 0 Å². The van der Waals surface area contributed by atoms with Crippen LogP contribution in [-0.4, -0.2) is 9.78 Å². The molecule has 1 aromatic heterocycles. The smallest absolute Gasteiger partial charge is 0.126 e. The third-order valence-corrected chi connectivity index (χ3v) is 4.99. The Balaban J connectivity index is 1.61. The summed E-state index contributed by atoms with van der Waals surface area (Å²) in [5, 5.41) is 8.15. The van der Waals surface area contributed by atoms with Gasteiger partial charge in [0.1, 0.15) is 5.82 Å². The second-order valence-corrected chi connectivity index (χ2v) is 6.18. The zero-order valence-electron chi connectivity index (χ0n) is 12.3. The minimum atomic E-state index is -0.0532. The Labute approximate surface area is 124 Å². The van der Waals surface area contributed by atoms with Crippen LogP contribution in [0.2, 0.25) is 0 Å². The molecule has 2 unspecified atom stereocenters. The summed E-state index contributed by atoms with van der Waals surface area (Å²) in [5.41, 5.74) is 4.72. The van der Waals surface area contributed by atoms with Crippen LogP contribution < -0.4 is 5.32 Å². The predicted octanol–water partition coefficient (Wildman–Crippen LogP) is 3.21. The van der Waals surface area contributed by atoms with Crippen LogP contribution in [-0.2, 0) is 19.9 Å². The summed E-state index contributed by atoms with van der Waals surface area (Å²) in [4.78, 5) is 0. The number of aryl methyl sites for hydroxylation is 1. The van der Waals surface area contributed by atoms with E-state index in [2.05, 4.69) is 16.5 Å². The van der Waals surface area contributed by atoms with E-state index in [9.17, 15) is 4.39 Å². The number of nitrogens with zero attached hydrogens (tertiary/aromatic N) is 2. The Bertz CT molecular complexity index is 677. The van der Waals surface area contributed by atoms with Crippen LogP contribution in [0.1, 0.15) is 53.7 Å². The molecule has 0 aliphatic heterocycles. The van der Waals surface area contributed by atoms with Crippen molar-refractivity contribution < 1.29 is 4.39 Å². The maximum absolute atomic E-state index is 13.8. The van der Waals surface area contributed by atoms with E-state index in [1.54, 1.807) is 6.07 Å². The second kappa shape index (κ2) is 4.95. The van der Waals surface area contributed by atoms with Gasteiger partial charge in [0.25, 0.3) is 0 Å². The minimum absolute atomic E-state index is 0.0532. The molecule has 1 heterocycles. The molecule has 2 aromatic rings. The van der Waals surface area contributed by atoms with Crippen LogP contribution in [0.5, 0.6) is 0 Å². The van der Waals surface area contributed by atoms with Crippen molar-refractivity contribution in [3.05, 3.63) is 52.6 Å². The van der Waals surface area contributed by atoms with Crippen molar-refractivity contribution in [2.75, 3.05) is 0 Å². The Morgan fingerprint density at radius 1 is 1.19 bits per heavy atom. The molecule has 2 aliphatic carbocycles. The first kappa shape index (κ1) is 13.0. The summed E-state index contributed by atoms with van der Waals surface area (Å²) < 4.78 is 15.8. The molecule has 4 rings (SSSR count). The third kappa shape index (κ3) is 2.09. The summed E-state index contributed by atoms with van der Waals surface area (Å²) in [6, 6.07) is 6.08. The van der Waals surface area contributed by atoms with Gasteiger partial charge in [-0.15, -0.1) is 0 Å². The van der Waals surface area contributed by atoms with E-state index in [4.69, 9.17) is 0 Å². The lowest BCUT2D eigenvalue weighted by Crippen LogP contribution is -2.28. The zero-order chi connectivity index (χ0) is 14.4. The number of rotatable bonds is 2. The Morgan fingerprint density at radius 2 is 2.05 bits per heavy atom. The van der Waals surface area contributed by atoms with Crippen molar-refractivity contribution in [2.45, 2.75) is 44.2 Å². The number of nitrogens with one attached hydrogen (secondary N) is 1. The SMILES string of the molecule is Cn1ncc2c1CCCC2NC1CCc2c(F)cccc21. The van der Waals surface area contributed by atoms with Gasteiger partial charge in [-0.2, -0.15) is 5.10 Å². The largest absolute Gasteiger partial charge is 0.303 e. The van der Waals surface area contributed by atoms with Gasteiger partial charge in [0.15, 0.2) is 0 Å². The van der Waals surface area contributed by atoms with Gasteiger partial charge in [-0.05, 0) is 49.3 Å². The number of aromatic nitrogens is 2. The summed E-state index contributed by atoms with van der Waals surface area (Å²) >= 11 is 0. The Hall–Kier alpha value is -1.68. The van der Waals surface area contributed by atoms with E-state index in [-0.39, 0.29) is 11.9 Å². The second-order valence-electron chi connectivity index (χ2n) is 6.18. The molecule has 0 radical (unpaired) electrons. The van der Waals surface area contributed by atoms with Gasteiger partial charge in [-0.3, -0.25) is 4.68 Å². The highest BCUT2D eigenvalue weighted by Gasteiger charge is 2.30. The molecule has 0 amide bonds.